The van der Waals surface area contributed by atoms with Crippen LogP contribution in [0.25, 0.3) is 11.0 Å². The summed E-state index contributed by atoms with van der Waals surface area (Å²) in [6, 6.07) is 5.34. The van der Waals surface area contributed by atoms with Gasteiger partial charge in [-0.15, -0.1) is 5.10 Å². The molecule has 1 aromatic carbocycles. The molecule has 9 nitrogen and oxygen atoms in total. The van der Waals surface area contributed by atoms with Crippen LogP contribution in [-0.4, -0.2) is 40.2 Å². The lowest BCUT2D eigenvalue weighted by Crippen LogP contribution is -2.17. The fourth-order valence-corrected chi connectivity index (χ4v) is 3.40. The molecule has 0 aliphatic heterocycles. The van der Waals surface area contributed by atoms with Gasteiger partial charge >= 0.3 is 0 Å². The number of tetrazole rings is 1. The number of carbonyl (C=O) groups is 1. The second-order valence-corrected chi connectivity index (χ2v) is 6.63. The fraction of sp³-hybridized carbons (Fsp3) is 0.444. The monoisotopic (exact) mass is 371 g/mol. The maximum Gasteiger partial charge on any atom is 0.297 e. The van der Waals surface area contributed by atoms with Crippen molar-refractivity contribution in [1.82, 2.24) is 20.6 Å². The van der Waals surface area contributed by atoms with E-state index in [0.29, 0.717) is 35.0 Å². The van der Waals surface area contributed by atoms with Gasteiger partial charge in [0.15, 0.2) is 5.75 Å². The fourth-order valence-electron chi connectivity index (χ4n) is 3.40. The number of methoxy groups -OCH3 is 1. The average molecular weight is 371 g/mol. The molecule has 2 heterocycles. The third-order valence-electron chi connectivity index (χ3n) is 4.81. The van der Waals surface area contributed by atoms with Crippen molar-refractivity contribution in [3.05, 3.63) is 24.0 Å². The van der Waals surface area contributed by atoms with E-state index < -0.39 is 5.91 Å². The molecule has 1 saturated carbocycles. The SMILES string of the molecule is COc1ccc2oc(C(=O)Nc3nn[nH]n3)c(OCC3CCCCC3)c2c1. The lowest BCUT2D eigenvalue weighted by molar-refractivity contribution is 0.0990. The number of hydrogen-bond donors (Lipinski definition) is 2. The maximum atomic E-state index is 12.7. The number of rotatable bonds is 6. The number of fused-ring (bicyclic) bond motifs is 1. The zero-order chi connectivity index (χ0) is 18.6. The number of aromatic nitrogens is 4. The van der Waals surface area contributed by atoms with Crippen LogP contribution in [0.5, 0.6) is 11.5 Å². The van der Waals surface area contributed by atoms with Crippen LogP contribution >= 0.6 is 0 Å². The molecule has 1 fully saturated rings. The summed E-state index contributed by atoms with van der Waals surface area (Å²) in [5.74, 6) is 1.22. The van der Waals surface area contributed by atoms with E-state index in [9.17, 15) is 4.79 Å². The van der Waals surface area contributed by atoms with Gasteiger partial charge in [0.1, 0.15) is 11.3 Å². The van der Waals surface area contributed by atoms with E-state index in [0.717, 1.165) is 12.8 Å². The van der Waals surface area contributed by atoms with Gasteiger partial charge in [0.2, 0.25) is 5.76 Å². The summed E-state index contributed by atoms with van der Waals surface area (Å²) >= 11 is 0. The summed E-state index contributed by atoms with van der Waals surface area (Å²) in [6.07, 6.45) is 6.01. The van der Waals surface area contributed by atoms with Gasteiger partial charge in [-0.1, -0.05) is 24.4 Å². The highest BCUT2D eigenvalue weighted by Crippen LogP contribution is 2.37. The number of furan rings is 1. The van der Waals surface area contributed by atoms with E-state index in [4.69, 9.17) is 13.9 Å². The molecule has 1 aliphatic rings. The number of nitrogens with one attached hydrogen (secondary N) is 2. The smallest absolute Gasteiger partial charge is 0.297 e. The Labute approximate surface area is 155 Å². The number of H-pyrrole nitrogens is 1. The van der Waals surface area contributed by atoms with Gasteiger partial charge < -0.3 is 13.9 Å². The van der Waals surface area contributed by atoms with Crippen LogP contribution in [0.2, 0.25) is 0 Å². The first-order chi connectivity index (χ1) is 13.2. The minimum Gasteiger partial charge on any atom is -0.497 e. The molecule has 2 aromatic heterocycles. The molecule has 27 heavy (non-hydrogen) atoms. The van der Waals surface area contributed by atoms with Gasteiger partial charge in [-0.2, -0.15) is 5.21 Å². The highest BCUT2D eigenvalue weighted by atomic mass is 16.5. The Morgan fingerprint density at radius 3 is 2.93 bits per heavy atom. The molecular weight excluding hydrogens is 350 g/mol. The van der Waals surface area contributed by atoms with Gasteiger partial charge in [-0.25, -0.2) is 0 Å². The van der Waals surface area contributed by atoms with Crippen LogP contribution in [0.4, 0.5) is 5.95 Å². The van der Waals surface area contributed by atoms with Crippen molar-refractivity contribution in [1.29, 1.82) is 0 Å². The Morgan fingerprint density at radius 2 is 2.19 bits per heavy atom. The van der Waals surface area contributed by atoms with Gasteiger partial charge in [-0.05, 0) is 42.2 Å². The minimum absolute atomic E-state index is 0.0660. The van der Waals surface area contributed by atoms with E-state index >= 15 is 0 Å². The Kier molecular flexibility index (Phi) is 4.91. The van der Waals surface area contributed by atoms with Crippen molar-refractivity contribution in [2.45, 2.75) is 32.1 Å². The van der Waals surface area contributed by atoms with Crippen LogP contribution in [-0.2, 0) is 0 Å². The number of nitrogens with zero attached hydrogens (tertiary/aromatic N) is 3. The van der Waals surface area contributed by atoms with Crippen LogP contribution < -0.4 is 14.8 Å². The van der Waals surface area contributed by atoms with E-state index in [1.54, 1.807) is 25.3 Å². The number of ether oxygens (including phenoxy) is 2. The molecule has 0 saturated heterocycles. The zero-order valence-corrected chi connectivity index (χ0v) is 15.0. The third kappa shape index (κ3) is 3.71. The molecule has 0 bridgehead atoms. The largest absolute Gasteiger partial charge is 0.497 e. The lowest BCUT2D eigenvalue weighted by Gasteiger charge is -2.21. The van der Waals surface area contributed by atoms with Crippen LogP contribution in [0.1, 0.15) is 42.7 Å². The molecule has 0 spiro atoms. The lowest BCUT2D eigenvalue weighted by atomic mass is 9.90. The van der Waals surface area contributed by atoms with E-state index in [1.165, 1.54) is 19.3 Å². The molecule has 142 valence electrons. The van der Waals surface area contributed by atoms with Crippen molar-refractivity contribution < 1.29 is 18.7 Å². The second kappa shape index (κ2) is 7.65. The van der Waals surface area contributed by atoms with E-state index in [1.807, 2.05) is 0 Å². The van der Waals surface area contributed by atoms with Crippen LogP contribution in [0, 0.1) is 5.92 Å². The summed E-state index contributed by atoms with van der Waals surface area (Å²) in [4.78, 5) is 12.7. The summed E-state index contributed by atoms with van der Waals surface area (Å²) in [5, 5.41) is 16.4. The number of aromatic amines is 1. The molecule has 0 atom stereocenters. The molecule has 0 unspecified atom stereocenters. The van der Waals surface area contributed by atoms with Crippen LogP contribution in [0.3, 0.4) is 0 Å². The molecule has 9 heteroatoms. The summed E-state index contributed by atoms with van der Waals surface area (Å²) in [5.41, 5.74) is 0.549. The Morgan fingerprint density at radius 1 is 1.33 bits per heavy atom. The number of amides is 1. The highest BCUT2D eigenvalue weighted by Gasteiger charge is 2.25. The summed E-state index contributed by atoms with van der Waals surface area (Å²) < 4.78 is 17.2. The number of benzene rings is 1. The topological polar surface area (TPSA) is 115 Å². The molecule has 4 rings (SSSR count). The molecule has 1 amide bonds. The molecule has 0 radical (unpaired) electrons. The molecule has 1 aliphatic carbocycles. The molecule has 3 aromatic rings. The highest BCUT2D eigenvalue weighted by molar-refractivity contribution is 6.07. The van der Waals surface area contributed by atoms with Gasteiger partial charge in [-0.3, -0.25) is 10.1 Å². The van der Waals surface area contributed by atoms with Crippen molar-refractivity contribution in [3.8, 4) is 11.5 Å². The van der Waals surface area contributed by atoms with Crippen molar-refractivity contribution >= 4 is 22.8 Å². The maximum absolute atomic E-state index is 12.7. The zero-order valence-electron chi connectivity index (χ0n) is 15.0. The summed E-state index contributed by atoms with van der Waals surface area (Å²) in [6.45, 7) is 0.550. The third-order valence-corrected chi connectivity index (χ3v) is 4.81. The minimum atomic E-state index is -0.495. The predicted molar refractivity (Wildman–Crippen MR) is 97.0 cm³/mol. The standard InChI is InChI=1S/C18H21N5O4/c1-25-12-7-8-14-13(9-12)15(26-10-11-5-3-2-4-6-11)16(27-14)17(24)19-18-20-22-23-21-18/h7-9,11H,2-6,10H2,1H3,(H2,19,20,21,22,23,24). The average Bonchev–Trinajstić information content (AvgIpc) is 3.34. The van der Waals surface area contributed by atoms with E-state index in [-0.39, 0.29) is 11.7 Å². The number of hydrogen-bond acceptors (Lipinski definition) is 7. The Bertz CT molecular complexity index is 915. The molecular formula is C18H21N5O4. The second-order valence-electron chi connectivity index (χ2n) is 6.63. The predicted octanol–water partition coefficient (Wildman–Crippen LogP) is 3.17. The normalized spacial score (nSPS) is 15.0. The van der Waals surface area contributed by atoms with Crippen LogP contribution in [0.15, 0.2) is 22.6 Å². The van der Waals surface area contributed by atoms with E-state index in [2.05, 4.69) is 25.9 Å². The molecule has 2 N–H and O–H groups in total. The number of carbonyl (C=O) groups excluding carboxylic acids is 1. The van der Waals surface area contributed by atoms with Gasteiger partial charge in [0.05, 0.1) is 19.1 Å². The quantitative estimate of drug-likeness (QED) is 0.684. The Balaban J connectivity index is 1.64. The van der Waals surface area contributed by atoms with Gasteiger partial charge in [0, 0.05) is 0 Å². The Hall–Kier alpha value is -3.10. The van der Waals surface area contributed by atoms with Gasteiger partial charge in [0.25, 0.3) is 11.9 Å². The first kappa shape index (κ1) is 17.3. The van der Waals surface area contributed by atoms with Crippen molar-refractivity contribution in [3.63, 3.8) is 0 Å². The first-order valence-electron chi connectivity index (χ1n) is 9.02. The number of anilines is 1. The van der Waals surface area contributed by atoms with Crippen molar-refractivity contribution in [2.75, 3.05) is 19.0 Å². The van der Waals surface area contributed by atoms with Crippen molar-refractivity contribution in [2.24, 2.45) is 5.92 Å². The summed E-state index contributed by atoms with van der Waals surface area (Å²) in [7, 11) is 1.59. The first-order valence-corrected chi connectivity index (χ1v) is 9.02.